The van der Waals surface area contributed by atoms with Gasteiger partial charge >= 0.3 is 0 Å². The first kappa shape index (κ1) is 9.05. The van der Waals surface area contributed by atoms with Crippen molar-refractivity contribution >= 4 is 0 Å². The Morgan fingerprint density at radius 1 is 1.31 bits per heavy atom. The van der Waals surface area contributed by atoms with Crippen LogP contribution in [0.1, 0.15) is 32.6 Å². The number of hydrogen-bond donors (Lipinski definition) is 1. The summed E-state index contributed by atoms with van der Waals surface area (Å²) in [7, 11) is 0. The number of nitrogens with two attached hydrogens (primary N) is 1. The number of rotatable bonds is 1. The van der Waals surface area contributed by atoms with E-state index in [4.69, 9.17) is 5.73 Å². The minimum atomic E-state index is 0.448. The quantitative estimate of drug-likeness (QED) is 0.606. The van der Waals surface area contributed by atoms with E-state index in [9.17, 15) is 0 Å². The van der Waals surface area contributed by atoms with Crippen LogP contribution in [0.25, 0.3) is 0 Å². The molecule has 2 nitrogen and oxygen atoms in total. The summed E-state index contributed by atoms with van der Waals surface area (Å²) in [4.78, 5) is 2.56. The SMILES string of the molecule is CC#CCN1C2CCC1CC(N)C2. The van der Waals surface area contributed by atoms with Crippen molar-refractivity contribution in [2.24, 2.45) is 5.73 Å². The zero-order valence-electron chi connectivity index (χ0n) is 8.29. The van der Waals surface area contributed by atoms with Gasteiger partial charge in [-0.2, -0.15) is 0 Å². The van der Waals surface area contributed by atoms with Crippen molar-refractivity contribution < 1.29 is 0 Å². The largest absolute Gasteiger partial charge is 0.328 e. The van der Waals surface area contributed by atoms with Gasteiger partial charge < -0.3 is 5.73 Å². The third-order valence-electron chi connectivity index (χ3n) is 3.36. The molecule has 0 amide bonds. The Morgan fingerprint density at radius 2 is 1.92 bits per heavy atom. The molecule has 72 valence electrons. The number of piperidine rings is 1. The van der Waals surface area contributed by atoms with Gasteiger partial charge in [0.15, 0.2) is 0 Å². The van der Waals surface area contributed by atoms with Crippen LogP contribution in [0.5, 0.6) is 0 Å². The van der Waals surface area contributed by atoms with Gasteiger partial charge in [-0.25, -0.2) is 0 Å². The highest BCUT2D eigenvalue weighted by molar-refractivity contribution is 5.04. The average molecular weight is 178 g/mol. The van der Waals surface area contributed by atoms with Crippen molar-refractivity contribution in [1.82, 2.24) is 4.90 Å². The monoisotopic (exact) mass is 178 g/mol. The van der Waals surface area contributed by atoms with Crippen LogP contribution < -0.4 is 5.73 Å². The Labute approximate surface area is 80.5 Å². The third kappa shape index (κ3) is 1.72. The average Bonchev–Trinajstić information content (AvgIpc) is 2.33. The highest BCUT2D eigenvalue weighted by Gasteiger charge is 2.38. The van der Waals surface area contributed by atoms with E-state index < -0.39 is 0 Å². The normalized spacial score (nSPS) is 38.5. The van der Waals surface area contributed by atoms with E-state index in [1.54, 1.807) is 0 Å². The van der Waals surface area contributed by atoms with Gasteiger partial charge in [0.1, 0.15) is 0 Å². The molecule has 2 fully saturated rings. The van der Waals surface area contributed by atoms with Crippen LogP contribution in [-0.4, -0.2) is 29.6 Å². The molecule has 2 saturated heterocycles. The fourth-order valence-corrected chi connectivity index (χ4v) is 2.74. The van der Waals surface area contributed by atoms with Gasteiger partial charge in [0.2, 0.25) is 0 Å². The van der Waals surface area contributed by atoms with E-state index in [1.165, 1.54) is 25.7 Å². The summed E-state index contributed by atoms with van der Waals surface area (Å²) in [6.07, 6.45) is 5.04. The molecule has 0 aromatic carbocycles. The smallest absolute Gasteiger partial charge is 0.0606 e. The minimum Gasteiger partial charge on any atom is -0.328 e. The van der Waals surface area contributed by atoms with Gasteiger partial charge in [0.25, 0.3) is 0 Å². The molecule has 0 saturated carbocycles. The maximum absolute atomic E-state index is 5.98. The van der Waals surface area contributed by atoms with Crippen molar-refractivity contribution in [1.29, 1.82) is 0 Å². The molecule has 0 aromatic heterocycles. The third-order valence-corrected chi connectivity index (χ3v) is 3.36. The standard InChI is InChI=1S/C11H18N2/c1-2-3-6-13-10-4-5-11(13)8-9(12)7-10/h9-11H,4-8,12H2,1H3. The van der Waals surface area contributed by atoms with Crippen LogP contribution in [0.15, 0.2) is 0 Å². The van der Waals surface area contributed by atoms with Crippen molar-refractivity contribution in [2.45, 2.75) is 50.7 Å². The Kier molecular flexibility index (Phi) is 2.57. The Morgan fingerprint density at radius 3 is 2.46 bits per heavy atom. The van der Waals surface area contributed by atoms with Crippen molar-refractivity contribution in [3.63, 3.8) is 0 Å². The predicted octanol–water partition coefficient (Wildman–Crippen LogP) is 0.964. The second-order valence-electron chi connectivity index (χ2n) is 4.22. The first-order chi connectivity index (χ1) is 6.31. The second kappa shape index (κ2) is 3.69. The lowest BCUT2D eigenvalue weighted by Gasteiger charge is -2.36. The maximum atomic E-state index is 5.98. The predicted molar refractivity (Wildman–Crippen MR) is 54.2 cm³/mol. The van der Waals surface area contributed by atoms with Crippen LogP contribution in [0, 0.1) is 11.8 Å². The molecular weight excluding hydrogens is 160 g/mol. The molecule has 2 rings (SSSR count). The van der Waals surface area contributed by atoms with Crippen LogP contribution >= 0.6 is 0 Å². The van der Waals surface area contributed by atoms with Gasteiger partial charge in [-0.05, 0) is 32.6 Å². The van der Waals surface area contributed by atoms with Crippen molar-refractivity contribution in [2.75, 3.05) is 6.54 Å². The molecule has 2 unspecified atom stereocenters. The molecule has 0 aliphatic carbocycles. The lowest BCUT2D eigenvalue weighted by Crippen LogP contribution is -2.47. The van der Waals surface area contributed by atoms with Gasteiger partial charge in [-0.15, -0.1) is 5.92 Å². The topological polar surface area (TPSA) is 29.3 Å². The number of nitrogens with zero attached hydrogens (tertiary/aromatic N) is 1. The Hall–Kier alpha value is -0.520. The number of hydrogen-bond acceptors (Lipinski definition) is 2. The molecule has 0 spiro atoms. The molecule has 2 aliphatic rings. The summed E-state index contributed by atoms with van der Waals surface area (Å²) in [6.45, 7) is 2.87. The first-order valence-electron chi connectivity index (χ1n) is 5.22. The number of fused-ring (bicyclic) bond motifs is 2. The summed E-state index contributed by atoms with van der Waals surface area (Å²) in [5.41, 5.74) is 5.98. The molecule has 2 atom stereocenters. The van der Waals surface area contributed by atoms with E-state index in [-0.39, 0.29) is 0 Å². The summed E-state index contributed by atoms with van der Waals surface area (Å²) in [5, 5.41) is 0. The van der Waals surface area contributed by atoms with Crippen molar-refractivity contribution in [3.05, 3.63) is 0 Å². The minimum absolute atomic E-state index is 0.448. The van der Waals surface area contributed by atoms with Crippen LogP contribution in [0.4, 0.5) is 0 Å². The molecule has 2 N–H and O–H groups in total. The molecule has 2 aliphatic heterocycles. The van der Waals surface area contributed by atoms with E-state index in [2.05, 4.69) is 16.7 Å². The molecule has 2 heterocycles. The van der Waals surface area contributed by atoms with E-state index in [1.807, 2.05) is 6.92 Å². The zero-order chi connectivity index (χ0) is 9.26. The molecule has 2 bridgehead atoms. The summed E-state index contributed by atoms with van der Waals surface area (Å²) in [6, 6.07) is 1.91. The van der Waals surface area contributed by atoms with Crippen molar-refractivity contribution in [3.8, 4) is 11.8 Å². The van der Waals surface area contributed by atoms with Crippen LogP contribution in [0.2, 0.25) is 0 Å². The lowest BCUT2D eigenvalue weighted by molar-refractivity contribution is 0.146. The summed E-state index contributed by atoms with van der Waals surface area (Å²) >= 11 is 0. The molecule has 2 heteroatoms. The zero-order valence-corrected chi connectivity index (χ0v) is 8.29. The summed E-state index contributed by atoms with van der Waals surface area (Å²) < 4.78 is 0. The summed E-state index contributed by atoms with van der Waals surface area (Å²) in [5.74, 6) is 6.14. The van der Waals surface area contributed by atoms with Gasteiger partial charge in [0.05, 0.1) is 6.54 Å². The van der Waals surface area contributed by atoms with Crippen LogP contribution in [0.3, 0.4) is 0 Å². The fraction of sp³-hybridized carbons (Fsp3) is 0.818. The first-order valence-corrected chi connectivity index (χ1v) is 5.22. The molecular formula is C11H18N2. The van der Waals surface area contributed by atoms with Crippen LogP contribution in [-0.2, 0) is 0 Å². The van der Waals surface area contributed by atoms with Gasteiger partial charge in [-0.3, -0.25) is 4.90 Å². The Balaban J connectivity index is 2.00. The second-order valence-corrected chi connectivity index (χ2v) is 4.22. The molecule has 13 heavy (non-hydrogen) atoms. The van der Waals surface area contributed by atoms with E-state index in [0.717, 1.165) is 18.6 Å². The molecule has 0 aromatic rings. The molecule has 0 radical (unpaired) electrons. The fourth-order valence-electron chi connectivity index (χ4n) is 2.74. The lowest BCUT2D eigenvalue weighted by atomic mass is 9.98. The van der Waals surface area contributed by atoms with Gasteiger partial charge in [0, 0.05) is 18.1 Å². The van der Waals surface area contributed by atoms with Gasteiger partial charge in [-0.1, -0.05) is 5.92 Å². The van der Waals surface area contributed by atoms with E-state index in [0.29, 0.717) is 6.04 Å². The maximum Gasteiger partial charge on any atom is 0.0606 e. The van der Waals surface area contributed by atoms with E-state index >= 15 is 0 Å². The Bertz CT molecular complexity index is 224. The highest BCUT2D eigenvalue weighted by atomic mass is 15.2. The highest BCUT2D eigenvalue weighted by Crippen LogP contribution is 2.34.